The molecule has 1 aromatic carbocycles. The molecule has 0 saturated heterocycles. The number of hydrogen-bond acceptors (Lipinski definition) is 3. The number of nitrogens with one attached hydrogen (secondary N) is 1. The van der Waals surface area contributed by atoms with Crippen molar-refractivity contribution in [1.29, 1.82) is 0 Å². The minimum absolute atomic E-state index is 0.346. The summed E-state index contributed by atoms with van der Waals surface area (Å²) in [4.78, 5) is 11.2. The van der Waals surface area contributed by atoms with Gasteiger partial charge in [-0.3, -0.25) is 0 Å². The molecule has 0 aliphatic carbocycles. The second kappa shape index (κ2) is 4.73. The van der Waals surface area contributed by atoms with Crippen LogP contribution >= 0.6 is 0 Å². The van der Waals surface area contributed by atoms with Crippen LogP contribution in [-0.2, 0) is 0 Å². The van der Waals surface area contributed by atoms with Gasteiger partial charge in [0.05, 0.1) is 17.5 Å². The molecule has 3 aromatic rings. The second-order valence-corrected chi connectivity index (χ2v) is 4.21. The Labute approximate surface area is 113 Å². The highest BCUT2D eigenvalue weighted by molar-refractivity contribution is 5.71. The fourth-order valence-corrected chi connectivity index (χ4v) is 1.89. The van der Waals surface area contributed by atoms with Gasteiger partial charge in [0.15, 0.2) is 11.6 Å². The first-order valence-corrected chi connectivity index (χ1v) is 5.86. The molecular formula is C14H10F2N4. The van der Waals surface area contributed by atoms with Gasteiger partial charge < -0.3 is 10.7 Å². The summed E-state index contributed by atoms with van der Waals surface area (Å²) < 4.78 is 26.1. The van der Waals surface area contributed by atoms with Gasteiger partial charge in [-0.05, 0) is 30.3 Å². The summed E-state index contributed by atoms with van der Waals surface area (Å²) in [6.07, 6.45) is 3.12. The predicted octanol–water partition coefficient (Wildman–Crippen LogP) is 3.00. The Morgan fingerprint density at radius 3 is 2.65 bits per heavy atom. The van der Waals surface area contributed by atoms with Crippen LogP contribution in [0.2, 0.25) is 0 Å². The van der Waals surface area contributed by atoms with E-state index in [1.54, 1.807) is 18.3 Å². The van der Waals surface area contributed by atoms with Crippen molar-refractivity contribution in [2.75, 3.05) is 5.73 Å². The van der Waals surface area contributed by atoms with Gasteiger partial charge in [0.1, 0.15) is 11.6 Å². The van der Waals surface area contributed by atoms with Crippen LogP contribution in [0.4, 0.5) is 14.6 Å². The first-order chi connectivity index (χ1) is 9.65. The zero-order valence-electron chi connectivity index (χ0n) is 10.3. The first kappa shape index (κ1) is 12.3. The van der Waals surface area contributed by atoms with Crippen LogP contribution in [0.25, 0.3) is 22.6 Å². The third-order valence-corrected chi connectivity index (χ3v) is 2.90. The van der Waals surface area contributed by atoms with Crippen molar-refractivity contribution in [2.24, 2.45) is 0 Å². The van der Waals surface area contributed by atoms with Crippen LogP contribution in [0, 0.1) is 11.6 Å². The fraction of sp³-hybridized carbons (Fsp3) is 0. The lowest BCUT2D eigenvalue weighted by molar-refractivity contribution is 0.509. The van der Waals surface area contributed by atoms with E-state index in [0.717, 1.165) is 12.1 Å². The SMILES string of the molecule is Nc1ncccc1-c1ncc(-c2ccc(F)c(F)c2)[nH]1. The summed E-state index contributed by atoms with van der Waals surface area (Å²) in [5.74, 6) is -0.918. The molecule has 3 rings (SSSR count). The lowest BCUT2D eigenvalue weighted by Gasteiger charge is -2.01. The van der Waals surface area contributed by atoms with E-state index in [9.17, 15) is 8.78 Å². The van der Waals surface area contributed by atoms with Crippen LogP contribution in [0.1, 0.15) is 0 Å². The molecule has 0 atom stereocenters. The number of anilines is 1. The fourth-order valence-electron chi connectivity index (χ4n) is 1.89. The lowest BCUT2D eigenvalue weighted by atomic mass is 10.1. The van der Waals surface area contributed by atoms with Gasteiger partial charge in [-0.15, -0.1) is 0 Å². The first-order valence-electron chi connectivity index (χ1n) is 5.86. The van der Waals surface area contributed by atoms with Gasteiger partial charge in [0, 0.05) is 11.8 Å². The number of rotatable bonds is 2. The molecule has 4 nitrogen and oxygen atoms in total. The number of halogens is 2. The topological polar surface area (TPSA) is 67.6 Å². The van der Waals surface area contributed by atoms with Crippen molar-refractivity contribution in [3.8, 4) is 22.6 Å². The predicted molar refractivity (Wildman–Crippen MR) is 71.6 cm³/mol. The number of H-pyrrole nitrogens is 1. The Morgan fingerprint density at radius 2 is 1.90 bits per heavy atom. The van der Waals surface area contributed by atoms with Gasteiger partial charge in [-0.2, -0.15) is 0 Å². The summed E-state index contributed by atoms with van der Waals surface area (Å²) in [5.41, 5.74) is 7.49. The number of aromatic nitrogens is 3. The van der Waals surface area contributed by atoms with Gasteiger partial charge in [-0.25, -0.2) is 18.7 Å². The number of imidazole rings is 1. The van der Waals surface area contributed by atoms with E-state index < -0.39 is 11.6 Å². The second-order valence-electron chi connectivity index (χ2n) is 4.21. The molecule has 0 bridgehead atoms. The van der Waals surface area contributed by atoms with Crippen molar-refractivity contribution in [2.45, 2.75) is 0 Å². The van der Waals surface area contributed by atoms with E-state index in [4.69, 9.17) is 5.73 Å². The number of aromatic amines is 1. The Kier molecular flexibility index (Phi) is 2.90. The molecule has 0 amide bonds. The summed E-state index contributed by atoms with van der Waals surface area (Å²) in [5, 5.41) is 0. The molecule has 0 saturated carbocycles. The van der Waals surface area contributed by atoms with Crippen LogP contribution in [-0.4, -0.2) is 15.0 Å². The number of nitrogen functional groups attached to an aromatic ring is 1. The normalized spacial score (nSPS) is 10.7. The maximum Gasteiger partial charge on any atom is 0.159 e. The van der Waals surface area contributed by atoms with Crippen molar-refractivity contribution in [1.82, 2.24) is 15.0 Å². The maximum atomic E-state index is 13.2. The lowest BCUT2D eigenvalue weighted by Crippen LogP contribution is -1.94. The van der Waals surface area contributed by atoms with E-state index in [1.165, 1.54) is 12.3 Å². The smallest absolute Gasteiger partial charge is 0.159 e. The maximum absolute atomic E-state index is 13.2. The van der Waals surface area contributed by atoms with Crippen LogP contribution in [0.5, 0.6) is 0 Å². The molecule has 0 aliphatic rings. The third kappa shape index (κ3) is 2.11. The van der Waals surface area contributed by atoms with Crippen molar-refractivity contribution in [3.05, 3.63) is 54.4 Å². The highest BCUT2D eigenvalue weighted by Crippen LogP contribution is 2.25. The molecule has 2 heterocycles. The summed E-state index contributed by atoms with van der Waals surface area (Å²) in [6, 6.07) is 7.17. The molecule has 6 heteroatoms. The van der Waals surface area contributed by atoms with E-state index >= 15 is 0 Å². The number of benzene rings is 1. The molecule has 100 valence electrons. The highest BCUT2D eigenvalue weighted by atomic mass is 19.2. The molecule has 3 N–H and O–H groups in total. The van der Waals surface area contributed by atoms with Crippen LogP contribution in [0.3, 0.4) is 0 Å². The third-order valence-electron chi connectivity index (χ3n) is 2.90. The van der Waals surface area contributed by atoms with E-state index in [0.29, 0.717) is 28.5 Å². The van der Waals surface area contributed by atoms with Gasteiger partial charge in [0.2, 0.25) is 0 Å². The molecule has 0 spiro atoms. The largest absolute Gasteiger partial charge is 0.383 e. The van der Waals surface area contributed by atoms with E-state index in [-0.39, 0.29) is 0 Å². The zero-order chi connectivity index (χ0) is 14.1. The number of nitrogens with zero attached hydrogens (tertiary/aromatic N) is 2. The molecule has 0 radical (unpaired) electrons. The van der Waals surface area contributed by atoms with E-state index in [2.05, 4.69) is 15.0 Å². The number of pyridine rings is 1. The average Bonchev–Trinajstić information content (AvgIpc) is 2.92. The van der Waals surface area contributed by atoms with Crippen LogP contribution in [0.15, 0.2) is 42.7 Å². The van der Waals surface area contributed by atoms with Gasteiger partial charge in [0.25, 0.3) is 0 Å². The Morgan fingerprint density at radius 1 is 1.05 bits per heavy atom. The monoisotopic (exact) mass is 272 g/mol. The van der Waals surface area contributed by atoms with E-state index in [1.807, 2.05) is 0 Å². The van der Waals surface area contributed by atoms with Gasteiger partial charge >= 0.3 is 0 Å². The zero-order valence-corrected chi connectivity index (χ0v) is 10.3. The van der Waals surface area contributed by atoms with Crippen molar-refractivity contribution in [3.63, 3.8) is 0 Å². The summed E-state index contributed by atoms with van der Waals surface area (Å²) >= 11 is 0. The Bertz CT molecular complexity index is 767. The number of hydrogen-bond donors (Lipinski definition) is 2. The molecule has 2 aromatic heterocycles. The average molecular weight is 272 g/mol. The molecule has 0 aliphatic heterocycles. The quantitative estimate of drug-likeness (QED) is 0.753. The minimum atomic E-state index is -0.903. The summed E-state index contributed by atoms with van der Waals surface area (Å²) in [6.45, 7) is 0. The Balaban J connectivity index is 2.02. The van der Waals surface area contributed by atoms with Crippen molar-refractivity contribution >= 4 is 5.82 Å². The number of nitrogens with two attached hydrogens (primary N) is 1. The minimum Gasteiger partial charge on any atom is -0.383 e. The van der Waals surface area contributed by atoms with Crippen molar-refractivity contribution < 1.29 is 8.78 Å². The van der Waals surface area contributed by atoms with Crippen LogP contribution < -0.4 is 5.73 Å². The van der Waals surface area contributed by atoms with Gasteiger partial charge in [-0.1, -0.05) is 0 Å². The Hall–Kier alpha value is -2.76. The standard InChI is InChI=1S/C14H10F2N4/c15-10-4-3-8(6-11(10)16)12-7-19-14(20-12)9-2-1-5-18-13(9)17/h1-7H,(H2,17,18)(H,19,20). The molecule has 20 heavy (non-hydrogen) atoms. The molecule has 0 unspecified atom stereocenters. The molecular weight excluding hydrogens is 262 g/mol. The highest BCUT2D eigenvalue weighted by Gasteiger charge is 2.10. The molecule has 0 fully saturated rings. The summed E-state index contributed by atoms with van der Waals surface area (Å²) in [7, 11) is 0.